The SMILES string of the molecule is N#CNC(=Nc1ccc(F)cc1Cl)Oc1ccccc1. The summed E-state index contributed by atoms with van der Waals surface area (Å²) < 4.78 is 18.4. The van der Waals surface area contributed by atoms with E-state index in [0.29, 0.717) is 11.4 Å². The number of nitrogens with one attached hydrogen (secondary N) is 1. The average molecular weight is 290 g/mol. The van der Waals surface area contributed by atoms with E-state index < -0.39 is 5.82 Å². The smallest absolute Gasteiger partial charge is 0.309 e. The first-order valence-electron chi connectivity index (χ1n) is 5.61. The summed E-state index contributed by atoms with van der Waals surface area (Å²) in [5.41, 5.74) is 0.293. The van der Waals surface area contributed by atoms with Crippen molar-refractivity contribution >= 4 is 23.3 Å². The molecule has 0 saturated heterocycles. The molecule has 2 aromatic carbocycles. The second-order valence-corrected chi connectivity index (χ2v) is 4.07. The zero-order chi connectivity index (χ0) is 14.4. The first-order valence-corrected chi connectivity index (χ1v) is 5.98. The van der Waals surface area contributed by atoms with Gasteiger partial charge in [0.25, 0.3) is 0 Å². The van der Waals surface area contributed by atoms with Crippen LogP contribution in [0.25, 0.3) is 0 Å². The van der Waals surface area contributed by atoms with Crippen LogP contribution in [0.5, 0.6) is 5.75 Å². The van der Waals surface area contributed by atoms with E-state index in [1.807, 2.05) is 6.07 Å². The van der Waals surface area contributed by atoms with E-state index in [0.717, 1.165) is 6.07 Å². The molecule has 0 bridgehead atoms. The predicted molar refractivity (Wildman–Crippen MR) is 74.3 cm³/mol. The van der Waals surface area contributed by atoms with Crippen molar-refractivity contribution < 1.29 is 9.13 Å². The number of hydrogen-bond acceptors (Lipinski definition) is 3. The highest BCUT2D eigenvalue weighted by molar-refractivity contribution is 6.33. The van der Waals surface area contributed by atoms with Crippen LogP contribution >= 0.6 is 11.6 Å². The minimum absolute atomic E-state index is 0.0489. The third kappa shape index (κ3) is 3.70. The van der Waals surface area contributed by atoms with Gasteiger partial charge in [0, 0.05) is 0 Å². The first kappa shape index (κ1) is 13.8. The number of ether oxygens (including phenoxy) is 1. The van der Waals surface area contributed by atoms with E-state index in [4.69, 9.17) is 21.6 Å². The number of aliphatic imine (C=N–C) groups is 1. The molecule has 6 heteroatoms. The zero-order valence-electron chi connectivity index (χ0n) is 10.2. The van der Waals surface area contributed by atoms with Gasteiger partial charge in [-0.3, -0.25) is 0 Å². The standard InChI is InChI=1S/C14H9ClFN3O/c15-12-8-10(16)6-7-13(12)19-14(18-9-17)20-11-4-2-1-3-5-11/h1-8H,(H,18,19). The van der Waals surface area contributed by atoms with Crippen LogP contribution < -0.4 is 10.1 Å². The molecule has 0 amide bonds. The Morgan fingerprint density at radius 1 is 1.25 bits per heavy atom. The van der Waals surface area contributed by atoms with Crippen molar-refractivity contribution in [1.29, 1.82) is 5.26 Å². The zero-order valence-corrected chi connectivity index (χ0v) is 10.9. The Labute approximate surface area is 120 Å². The molecule has 0 aliphatic rings. The number of nitrogens with zero attached hydrogens (tertiary/aromatic N) is 2. The molecule has 2 aromatic rings. The van der Waals surface area contributed by atoms with E-state index in [1.165, 1.54) is 12.1 Å². The minimum atomic E-state index is -0.465. The van der Waals surface area contributed by atoms with Gasteiger partial charge in [0.2, 0.25) is 0 Å². The molecule has 0 aliphatic heterocycles. The molecule has 1 N–H and O–H groups in total. The molecule has 20 heavy (non-hydrogen) atoms. The molecule has 0 saturated carbocycles. The van der Waals surface area contributed by atoms with Gasteiger partial charge in [0.05, 0.1) is 10.7 Å². The summed E-state index contributed by atoms with van der Waals surface area (Å²) in [5.74, 6) is 0.0416. The first-order chi connectivity index (χ1) is 9.69. The summed E-state index contributed by atoms with van der Waals surface area (Å²) in [6.45, 7) is 0. The maximum Gasteiger partial charge on any atom is 0.309 e. The number of halogens is 2. The van der Waals surface area contributed by atoms with Crippen molar-refractivity contribution in [2.45, 2.75) is 0 Å². The van der Waals surface area contributed by atoms with Crippen LogP contribution in [-0.4, -0.2) is 6.02 Å². The lowest BCUT2D eigenvalue weighted by Gasteiger charge is -2.07. The highest BCUT2D eigenvalue weighted by Gasteiger charge is 2.06. The summed E-state index contributed by atoms with van der Waals surface area (Å²) in [6, 6.07) is 12.5. The molecule has 0 aliphatic carbocycles. The van der Waals surface area contributed by atoms with Crippen LogP contribution in [0, 0.1) is 17.3 Å². The van der Waals surface area contributed by atoms with Gasteiger partial charge in [-0.2, -0.15) is 10.3 Å². The molecule has 0 atom stereocenters. The average Bonchev–Trinajstić information content (AvgIpc) is 2.43. The van der Waals surface area contributed by atoms with Crippen LogP contribution in [0.4, 0.5) is 10.1 Å². The minimum Gasteiger partial charge on any atom is -0.425 e. The van der Waals surface area contributed by atoms with Gasteiger partial charge in [-0.15, -0.1) is 0 Å². The van der Waals surface area contributed by atoms with E-state index in [1.54, 1.807) is 30.5 Å². The summed E-state index contributed by atoms with van der Waals surface area (Å²) in [6.07, 6.45) is 1.72. The third-order valence-corrected chi connectivity index (χ3v) is 2.56. The van der Waals surface area contributed by atoms with Gasteiger partial charge in [0.15, 0.2) is 6.19 Å². The molecule has 2 rings (SSSR count). The van der Waals surface area contributed by atoms with Crippen LogP contribution in [0.1, 0.15) is 0 Å². The van der Waals surface area contributed by atoms with Crippen LogP contribution in [0.2, 0.25) is 5.02 Å². The fraction of sp³-hybridized carbons (Fsp3) is 0. The quantitative estimate of drug-likeness (QED) is 0.398. The lowest BCUT2D eigenvalue weighted by atomic mass is 10.3. The van der Waals surface area contributed by atoms with Crippen molar-refractivity contribution in [3.63, 3.8) is 0 Å². The molecular formula is C14H9ClFN3O. The lowest BCUT2D eigenvalue weighted by molar-refractivity contribution is 0.531. The fourth-order valence-electron chi connectivity index (χ4n) is 1.41. The normalized spacial score (nSPS) is 10.8. The van der Waals surface area contributed by atoms with Crippen molar-refractivity contribution in [1.82, 2.24) is 5.32 Å². The molecule has 0 aromatic heterocycles. The number of nitriles is 1. The Hall–Kier alpha value is -2.58. The highest BCUT2D eigenvalue weighted by Crippen LogP contribution is 2.25. The lowest BCUT2D eigenvalue weighted by Crippen LogP contribution is -2.24. The highest BCUT2D eigenvalue weighted by atomic mass is 35.5. The summed E-state index contributed by atoms with van der Waals surface area (Å²) in [7, 11) is 0. The van der Waals surface area contributed by atoms with Crippen molar-refractivity contribution in [3.05, 3.63) is 59.4 Å². The Morgan fingerprint density at radius 2 is 2.00 bits per heavy atom. The fourth-order valence-corrected chi connectivity index (χ4v) is 1.62. The van der Waals surface area contributed by atoms with Gasteiger partial charge in [-0.25, -0.2) is 9.71 Å². The molecule has 0 unspecified atom stereocenters. The van der Waals surface area contributed by atoms with Gasteiger partial charge in [-0.05, 0) is 30.3 Å². The van der Waals surface area contributed by atoms with Crippen LogP contribution in [0.3, 0.4) is 0 Å². The Morgan fingerprint density at radius 3 is 2.65 bits per heavy atom. The van der Waals surface area contributed by atoms with Gasteiger partial charge in [0.1, 0.15) is 11.6 Å². The second-order valence-electron chi connectivity index (χ2n) is 3.66. The molecule has 0 spiro atoms. The molecule has 4 nitrogen and oxygen atoms in total. The number of rotatable bonds is 2. The van der Waals surface area contributed by atoms with Gasteiger partial charge >= 0.3 is 6.02 Å². The number of benzene rings is 2. The summed E-state index contributed by atoms with van der Waals surface area (Å²) in [4.78, 5) is 4.05. The Balaban J connectivity index is 2.28. The van der Waals surface area contributed by atoms with Crippen LogP contribution in [-0.2, 0) is 0 Å². The Bertz CT molecular complexity index is 668. The number of hydrogen-bond donors (Lipinski definition) is 1. The maximum atomic E-state index is 12.9. The summed E-state index contributed by atoms with van der Waals surface area (Å²) >= 11 is 5.86. The van der Waals surface area contributed by atoms with Crippen molar-refractivity contribution in [2.24, 2.45) is 4.99 Å². The Kier molecular flexibility index (Phi) is 4.53. The van der Waals surface area contributed by atoms with Crippen molar-refractivity contribution in [2.75, 3.05) is 0 Å². The van der Waals surface area contributed by atoms with Crippen molar-refractivity contribution in [3.8, 4) is 11.9 Å². The second kappa shape index (κ2) is 6.55. The molecule has 0 radical (unpaired) electrons. The topological polar surface area (TPSA) is 57.4 Å². The predicted octanol–water partition coefficient (Wildman–Crippen LogP) is 3.62. The van der Waals surface area contributed by atoms with Gasteiger partial charge in [-0.1, -0.05) is 29.8 Å². The largest absolute Gasteiger partial charge is 0.425 e. The van der Waals surface area contributed by atoms with E-state index in [9.17, 15) is 4.39 Å². The molecule has 100 valence electrons. The third-order valence-electron chi connectivity index (χ3n) is 2.25. The van der Waals surface area contributed by atoms with Crippen LogP contribution in [0.15, 0.2) is 53.5 Å². The summed E-state index contributed by atoms with van der Waals surface area (Å²) in [5, 5.41) is 11.1. The number of para-hydroxylation sites is 1. The van der Waals surface area contributed by atoms with Gasteiger partial charge < -0.3 is 4.74 Å². The van der Waals surface area contributed by atoms with E-state index in [-0.39, 0.29) is 11.0 Å². The monoisotopic (exact) mass is 289 g/mol. The van der Waals surface area contributed by atoms with E-state index in [2.05, 4.69) is 10.3 Å². The molecule has 0 fully saturated rings. The molecular weight excluding hydrogens is 281 g/mol. The molecule has 0 heterocycles. The maximum absolute atomic E-state index is 12.9. The number of amidine groups is 1. The van der Waals surface area contributed by atoms with E-state index >= 15 is 0 Å².